The smallest absolute Gasteiger partial charge is 0.491 e. The fourth-order valence-corrected chi connectivity index (χ4v) is 1.82. The van der Waals surface area contributed by atoms with Crippen molar-refractivity contribution in [3.63, 3.8) is 0 Å². The molecule has 0 fully saturated rings. The Bertz CT molecular complexity index is 556. The number of non-ortho nitro benzene ring substituents is 1. The number of hydrogen-bond donors (Lipinski definition) is 2. The van der Waals surface area contributed by atoms with Crippen molar-refractivity contribution >= 4 is 23.6 Å². The molecule has 2 N–H and O–H groups in total. The maximum absolute atomic E-state index is 11.4. The van der Waals surface area contributed by atoms with Crippen LogP contribution in [0, 0.1) is 10.1 Å². The lowest BCUT2D eigenvalue weighted by Crippen LogP contribution is -2.57. The molecule has 0 aliphatic carbocycles. The van der Waals surface area contributed by atoms with Gasteiger partial charge in [0.2, 0.25) is 5.69 Å². The van der Waals surface area contributed by atoms with Crippen LogP contribution in [0.25, 0.3) is 0 Å². The van der Waals surface area contributed by atoms with E-state index in [9.17, 15) is 29.9 Å². The molecular weight excluding hydrogens is 272 g/mol. The number of rotatable bonds is 4. The molecule has 0 heterocycles. The van der Waals surface area contributed by atoms with Crippen LogP contribution >= 0.6 is 0 Å². The molecule has 0 unspecified atom stereocenters. The summed E-state index contributed by atoms with van der Waals surface area (Å²) in [6.07, 6.45) is -3.34. The highest BCUT2D eigenvalue weighted by Gasteiger charge is 2.49. The first kappa shape index (κ1) is 15.4. The third-order valence-electron chi connectivity index (χ3n) is 2.91. The number of amides is 2. The van der Waals surface area contributed by atoms with Gasteiger partial charge in [0.05, 0.1) is 18.1 Å². The highest BCUT2D eigenvalue weighted by Crippen LogP contribution is 2.37. The zero-order chi connectivity index (χ0) is 15.5. The third kappa shape index (κ3) is 2.26. The van der Waals surface area contributed by atoms with Crippen molar-refractivity contribution in [2.75, 3.05) is 13.7 Å². The number of quaternary nitrogens is 1. The van der Waals surface area contributed by atoms with E-state index in [4.69, 9.17) is 4.74 Å². The van der Waals surface area contributed by atoms with E-state index in [0.29, 0.717) is 0 Å². The Morgan fingerprint density at radius 3 is 2.25 bits per heavy atom. The van der Waals surface area contributed by atoms with Crippen molar-refractivity contribution in [1.29, 1.82) is 0 Å². The summed E-state index contributed by atoms with van der Waals surface area (Å²) in [7, 11) is 1.22. The average Bonchev–Trinajstić information content (AvgIpc) is 2.39. The zero-order valence-corrected chi connectivity index (χ0v) is 10.8. The number of imide groups is 1. The monoisotopic (exact) mass is 285 g/mol. The van der Waals surface area contributed by atoms with Crippen LogP contribution in [0.3, 0.4) is 0 Å². The van der Waals surface area contributed by atoms with Gasteiger partial charge in [0, 0.05) is 6.07 Å². The Balaban J connectivity index is 3.69. The second-order valence-electron chi connectivity index (χ2n) is 3.80. The zero-order valence-electron chi connectivity index (χ0n) is 10.8. The Hall–Kier alpha value is -2.68. The second-order valence-corrected chi connectivity index (χ2v) is 3.80. The Kier molecular flexibility index (Phi) is 4.25. The van der Waals surface area contributed by atoms with Crippen LogP contribution < -0.4 is 9.22 Å². The summed E-state index contributed by atoms with van der Waals surface area (Å²) in [4.78, 5) is 32.9. The van der Waals surface area contributed by atoms with Gasteiger partial charge in [-0.2, -0.15) is 9.59 Å². The minimum atomic E-state index is -1.67. The topological polar surface area (TPSA) is 127 Å². The number of methoxy groups -OCH3 is 1. The molecule has 0 saturated carbocycles. The lowest BCUT2D eigenvalue weighted by atomic mass is 10.2. The number of nitro groups is 1. The molecule has 0 aliphatic heterocycles. The summed E-state index contributed by atoms with van der Waals surface area (Å²) in [6, 6.07) is 3.17. The molecular formula is C11H13N2O7+. The fourth-order valence-electron chi connectivity index (χ4n) is 1.82. The predicted molar refractivity (Wildman–Crippen MR) is 68.0 cm³/mol. The number of carboxylic acid groups (broad SMARTS) is 2. The van der Waals surface area contributed by atoms with Crippen LogP contribution in [-0.4, -0.2) is 41.0 Å². The number of ether oxygens (including phenoxy) is 1. The molecule has 9 nitrogen and oxygen atoms in total. The lowest BCUT2D eigenvalue weighted by Gasteiger charge is -2.25. The number of hydrogen-bond acceptors (Lipinski definition) is 5. The van der Waals surface area contributed by atoms with Gasteiger partial charge < -0.3 is 14.9 Å². The van der Waals surface area contributed by atoms with E-state index in [1.807, 2.05) is 0 Å². The Labute approximate surface area is 113 Å². The molecule has 0 aliphatic rings. The van der Waals surface area contributed by atoms with Crippen molar-refractivity contribution in [3.05, 3.63) is 28.3 Å². The Morgan fingerprint density at radius 2 is 1.90 bits per heavy atom. The van der Waals surface area contributed by atoms with Crippen molar-refractivity contribution < 1.29 is 29.5 Å². The van der Waals surface area contributed by atoms with Gasteiger partial charge in [-0.05, 0) is 13.0 Å². The van der Waals surface area contributed by atoms with Crippen molar-refractivity contribution in [3.8, 4) is 5.75 Å². The maximum atomic E-state index is 11.4. The summed E-state index contributed by atoms with van der Waals surface area (Å²) in [5.74, 6) is -0.0535. The minimum Gasteiger partial charge on any atom is -0.491 e. The quantitative estimate of drug-likeness (QED) is 0.493. The number of nitrogens with zero attached hydrogens (tertiary/aromatic N) is 2. The van der Waals surface area contributed by atoms with Crippen LogP contribution in [0.15, 0.2) is 18.2 Å². The average molecular weight is 285 g/mol. The molecule has 9 heteroatoms. The highest BCUT2D eigenvalue weighted by atomic mass is 16.6. The van der Waals surface area contributed by atoms with E-state index < -0.39 is 27.3 Å². The second kappa shape index (κ2) is 5.53. The molecule has 2 amide bonds. The van der Waals surface area contributed by atoms with Crippen LogP contribution in [0.5, 0.6) is 5.75 Å². The van der Waals surface area contributed by atoms with Gasteiger partial charge in [-0.3, -0.25) is 10.1 Å². The van der Waals surface area contributed by atoms with Gasteiger partial charge in [-0.1, -0.05) is 4.48 Å². The third-order valence-corrected chi connectivity index (χ3v) is 2.91. The van der Waals surface area contributed by atoms with E-state index in [1.54, 1.807) is 0 Å². The van der Waals surface area contributed by atoms with Crippen molar-refractivity contribution in [2.24, 2.45) is 0 Å². The highest BCUT2D eigenvalue weighted by molar-refractivity contribution is 6.02. The van der Waals surface area contributed by atoms with Crippen molar-refractivity contribution in [1.82, 2.24) is 4.48 Å². The molecule has 108 valence electrons. The number of benzene rings is 1. The van der Waals surface area contributed by atoms with Gasteiger partial charge in [0.15, 0.2) is 5.75 Å². The normalized spacial score (nSPS) is 10.9. The summed E-state index contributed by atoms with van der Waals surface area (Å²) >= 11 is 0. The molecule has 0 saturated heterocycles. The van der Waals surface area contributed by atoms with Crippen molar-refractivity contribution in [2.45, 2.75) is 6.92 Å². The minimum absolute atomic E-state index is 0.0535. The predicted octanol–water partition coefficient (Wildman–Crippen LogP) is 2.29. The molecule has 1 aromatic carbocycles. The lowest BCUT2D eigenvalue weighted by molar-refractivity contribution is -0.384. The molecule has 0 spiro atoms. The molecule has 1 rings (SSSR count). The summed E-state index contributed by atoms with van der Waals surface area (Å²) in [6.45, 7) is 1.00. The molecule has 20 heavy (non-hydrogen) atoms. The van der Waals surface area contributed by atoms with Crippen LogP contribution in [0.1, 0.15) is 6.92 Å². The molecule has 0 aromatic heterocycles. The van der Waals surface area contributed by atoms with Crippen LogP contribution in [0.4, 0.5) is 21.0 Å². The first-order valence-electron chi connectivity index (χ1n) is 5.49. The molecule has 0 radical (unpaired) electrons. The number of nitro benzene ring substituents is 1. The van der Waals surface area contributed by atoms with Gasteiger partial charge >= 0.3 is 12.2 Å². The van der Waals surface area contributed by atoms with E-state index in [2.05, 4.69) is 0 Å². The maximum Gasteiger partial charge on any atom is 0.529 e. The molecule has 0 bridgehead atoms. The number of carbonyl (C=O) groups is 2. The van der Waals surface area contributed by atoms with Gasteiger partial charge in [-0.15, -0.1) is 0 Å². The van der Waals surface area contributed by atoms with E-state index in [1.165, 1.54) is 20.1 Å². The summed E-state index contributed by atoms with van der Waals surface area (Å²) < 4.78 is 3.41. The standard InChI is InChI=1S/C11H12N2O7/c1-3-13(10(14)15,11(16)17)8-6-7(12(18)19)4-5-9(8)20-2/h4-6H,3H2,1-2H3,(H-,14,15,16,17)/p+1. The summed E-state index contributed by atoms with van der Waals surface area (Å²) in [5, 5.41) is 29.3. The van der Waals surface area contributed by atoms with E-state index in [0.717, 1.165) is 12.1 Å². The largest absolute Gasteiger partial charge is 0.529 e. The summed E-state index contributed by atoms with van der Waals surface area (Å²) in [5.41, 5.74) is -0.733. The molecule has 1 aromatic rings. The van der Waals surface area contributed by atoms with Gasteiger partial charge in [-0.25, -0.2) is 0 Å². The van der Waals surface area contributed by atoms with Gasteiger partial charge in [0.1, 0.15) is 6.54 Å². The van der Waals surface area contributed by atoms with Gasteiger partial charge in [0.25, 0.3) is 5.69 Å². The first-order chi connectivity index (χ1) is 9.31. The van der Waals surface area contributed by atoms with Crippen LogP contribution in [0.2, 0.25) is 0 Å². The van der Waals surface area contributed by atoms with Crippen LogP contribution in [-0.2, 0) is 0 Å². The van der Waals surface area contributed by atoms with E-state index in [-0.39, 0.29) is 18.0 Å². The molecule has 0 atom stereocenters. The SMILES string of the molecule is CC[N+](C(=O)O)(C(=O)O)c1cc([N+](=O)[O-])ccc1OC. The fraction of sp³-hybridized carbons (Fsp3) is 0.273. The Morgan fingerprint density at radius 1 is 1.35 bits per heavy atom. The first-order valence-corrected chi connectivity index (χ1v) is 5.49. The van der Waals surface area contributed by atoms with E-state index >= 15 is 0 Å².